The first kappa shape index (κ1) is 44.1. The van der Waals surface area contributed by atoms with Crippen LogP contribution in [0.1, 0.15) is 52.7 Å². The summed E-state index contributed by atoms with van der Waals surface area (Å²) in [5.41, 5.74) is 5.55. The van der Waals surface area contributed by atoms with Crippen molar-refractivity contribution in [1.82, 2.24) is 0 Å². The number of benzene rings is 1. The second-order valence-electron chi connectivity index (χ2n) is 12.5. The Balaban J connectivity index is 2.25. The Labute approximate surface area is 292 Å². The fourth-order valence-corrected chi connectivity index (χ4v) is 3.63. The van der Waals surface area contributed by atoms with Crippen molar-refractivity contribution >= 4 is 24.1 Å². The van der Waals surface area contributed by atoms with Gasteiger partial charge in [0.15, 0.2) is 0 Å². The molecule has 0 saturated carbocycles. The molecule has 1 aromatic rings. The standard InChI is InChI=1S/C36H59NO12/c1-35(2,3)48-33(38)11-8-30-7-9-31(10-12-34(39)49-36(4,5)6)32(29-30)47-28-27-46-26-25-45-24-23-44-22-21-43-20-19-42-18-17-41-16-15-40-14-13-37/h7-12,29H,13-28,37H2,1-6H3/b11-8+,12-10+. The molecule has 0 unspecified atom stereocenters. The summed E-state index contributed by atoms with van der Waals surface area (Å²) in [5.74, 6) is -0.391. The van der Waals surface area contributed by atoms with E-state index in [2.05, 4.69) is 0 Å². The van der Waals surface area contributed by atoms with Gasteiger partial charge in [-0.05, 0) is 65.3 Å². The average Bonchev–Trinajstić information content (AvgIpc) is 3.02. The molecule has 0 aliphatic rings. The maximum absolute atomic E-state index is 12.2. The molecule has 1 aromatic carbocycles. The molecule has 0 saturated heterocycles. The van der Waals surface area contributed by atoms with Gasteiger partial charge in [0.1, 0.15) is 23.6 Å². The van der Waals surface area contributed by atoms with Gasteiger partial charge in [-0.1, -0.05) is 12.1 Å². The highest BCUT2D eigenvalue weighted by atomic mass is 16.6. The van der Waals surface area contributed by atoms with Crippen molar-refractivity contribution in [3.8, 4) is 5.75 Å². The SMILES string of the molecule is CC(C)(C)OC(=O)/C=C/c1ccc(/C=C/C(=O)OC(C)(C)C)c(OCCOCCOCCOCCOCCOCCOCCOCCN)c1. The van der Waals surface area contributed by atoms with Crippen LogP contribution < -0.4 is 10.5 Å². The van der Waals surface area contributed by atoms with Gasteiger partial charge in [-0.3, -0.25) is 0 Å². The molecule has 0 aliphatic carbocycles. The van der Waals surface area contributed by atoms with E-state index in [1.165, 1.54) is 12.2 Å². The number of esters is 2. The minimum Gasteiger partial charge on any atom is -0.491 e. The molecule has 13 nitrogen and oxygen atoms in total. The molecule has 280 valence electrons. The van der Waals surface area contributed by atoms with Crippen LogP contribution >= 0.6 is 0 Å². The molecule has 1 rings (SSSR count). The zero-order chi connectivity index (χ0) is 36.2. The summed E-state index contributed by atoms with van der Waals surface area (Å²) in [5, 5.41) is 0. The number of carbonyl (C=O) groups excluding carboxylic acids is 2. The highest BCUT2D eigenvalue weighted by Crippen LogP contribution is 2.23. The monoisotopic (exact) mass is 697 g/mol. The highest BCUT2D eigenvalue weighted by molar-refractivity contribution is 5.89. The van der Waals surface area contributed by atoms with Gasteiger partial charge in [-0.25, -0.2) is 9.59 Å². The van der Waals surface area contributed by atoms with Gasteiger partial charge in [0.05, 0.1) is 92.5 Å². The predicted octanol–water partition coefficient (Wildman–Crippen LogP) is 3.85. The maximum atomic E-state index is 12.2. The molecule has 0 fully saturated rings. The predicted molar refractivity (Wildman–Crippen MR) is 186 cm³/mol. The summed E-state index contributed by atoms with van der Waals surface area (Å²) in [7, 11) is 0. The summed E-state index contributed by atoms with van der Waals surface area (Å²) in [6.45, 7) is 18.2. The molecule has 0 bridgehead atoms. The summed E-state index contributed by atoms with van der Waals surface area (Å²) < 4.78 is 54.8. The van der Waals surface area contributed by atoms with E-state index in [-0.39, 0.29) is 6.61 Å². The van der Waals surface area contributed by atoms with Crippen molar-refractivity contribution in [3.63, 3.8) is 0 Å². The molecule has 49 heavy (non-hydrogen) atoms. The Bertz CT molecular complexity index is 1080. The first-order valence-corrected chi connectivity index (χ1v) is 16.7. The van der Waals surface area contributed by atoms with Crippen LogP contribution in [0.15, 0.2) is 30.4 Å². The third-order valence-corrected chi connectivity index (χ3v) is 5.64. The van der Waals surface area contributed by atoms with Gasteiger partial charge >= 0.3 is 11.9 Å². The van der Waals surface area contributed by atoms with E-state index in [4.69, 9.17) is 53.1 Å². The second-order valence-corrected chi connectivity index (χ2v) is 12.5. The molecule has 0 radical (unpaired) electrons. The van der Waals surface area contributed by atoms with Gasteiger partial charge in [0.2, 0.25) is 0 Å². The summed E-state index contributed by atoms with van der Waals surface area (Å²) in [6, 6.07) is 5.38. The quantitative estimate of drug-likeness (QED) is 0.0767. The van der Waals surface area contributed by atoms with Crippen molar-refractivity contribution in [2.24, 2.45) is 5.73 Å². The summed E-state index contributed by atoms with van der Waals surface area (Å²) in [4.78, 5) is 24.3. The van der Waals surface area contributed by atoms with Crippen LogP contribution in [-0.2, 0) is 52.2 Å². The Kier molecular flexibility index (Phi) is 24.3. The summed E-state index contributed by atoms with van der Waals surface area (Å²) >= 11 is 0. The number of rotatable bonds is 28. The van der Waals surface area contributed by atoms with Crippen LogP contribution in [0.2, 0.25) is 0 Å². The first-order valence-electron chi connectivity index (χ1n) is 16.7. The van der Waals surface area contributed by atoms with Crippen LogP contribution in [0, 0.1) is 0 Å². The maximum Gasteiger partial charge on any atom is 0.331 e. The van der Waals surface area contributed by atoms with E-state index in [1.54, 1.807) is 65.8 Å². The van der Waals surface area contributed by atoms with Crippen molar-refractivity contribution in [1.29, 1.82) is 0 Å². The fourth-order valence-electron chi connectivity index (χ4n) is 3.63. The molecule has 0 heterocycles. The van der Waals surface area contributed by atoms with E-state index in [9.17, 15) is 9.59 Å². The normalized spacial score (nSPS) is 12.2. The molecular formula is C36H59NO12. The average molecular weight is 698 g/mol. The van der Waals surface area contributed by atoms with E-state index in [1.807, 2.05) is 6.07 Å². The number of hydrogen-bond acceptors (Lipinski definition) is 13. The Morgan fingerprint density at radius 1 is 0.551 bits per heavy atom. The van der Waals surface area contributed by atoms with Gasteiger partial charge in [0.25, 0.3) is 0 Å². The van der Waals surface area contributed by atoms with Gasteiger partial charge in [-0.2, -0.15) is 0 Å². The molecule has 0 aliphatic heterocycles. The lowest BCUT2D eigenvalue weighted by atomic mass is 10.1. The highest BCUT2D eigenvalue weighted by Gasteiger charge is 2.15. The number of carbonyl (C=O) groups is 2. The first-order chi connectivity index (χ1) is 23.4. The van der Waals surface area contributed by atoms with Crippen molar-refractivity contribution in [2.75, 3.05) is 106 Å². The van der Waals surface area contributed by atoms with Crippen molar-refractivity contribution in [3.05, 3.63) is 41.5 Å². The van der Waals surface area contributed by atoms with E-state index in [0.29, 0.717) is 110 Å². The molecule has 13 heteroatoms. The number of ether oxygens (including phenoxy) is 10. The van der Waals surface area contributed by atoms with Crippen LogP contribution in [0.5, 0.6) is 5.75 Å². The Hall–Kier alpha value is -2.88. The fraction of sp³-hybridized carbons (Fsp3) is 0.667. The smallest absolute Gasteiger partial charge is 0.331 e. The largest absolute Gasteiger partial charge is 0.491 e. The molecule has 0 aromatic heterocycles. The van der Waals surface area contributed by atoms with E-state index < -0.39 is 23.1 Å². The van der Waals surface area contributed by atoms with Crippen molar-refractivity contribution in [2.45, 2.75) is 52.7 Å². The second kappa shape index (κ2) is 26.9. The lowest BCUT2D eigenvalue weighted by Crippen LogP contribution is -2.22. The van der Waals surface area contributed by atoms with Crippen LogP contribution in [-0.4, -0.2) is 129 Å². The topological polar surface area (TPSA) is 152 Å². The molecule has 0 spiro atoms. The van der Waals surface area contributed by atoms with Gasteiger partial charge < -0.3 is 53.1 Å². The zero-order valence-electron chi connectivity index (χ0n) is 30.3. The third-order valence-electron chi connectivity index (χ3n) is 5.64. The molecule has 0 atom stereocenters. The van der Waals surface area contributed by atoms with E-state index >= 15 is 0 Å². The van der Waals surface area contributed by atoms with Crippen molar-refractivity contribution < 1.29 is 57.0 Å². The number of hydrogen-bond donors (Lipinski definition) is 1. The minimum absolute atomic E-state index is 0.263. The minimum atomic E-state index is -0.602. The van der Waals surface area contributed by atoms with Gasteiger partial charge in [0, 0.05) is 24.3 Å². The Morgan fingerprint density at radius 2 is 0.918 bits per heavy atom. The van der Waals surface area contributed by atoms with Crippen LogP contribution in [0.3, 0.4) is 0 Å². The Morgan fingerprint density at radius 3 is 1.31 bits per heavy atom. The third kappa shape index (κ3) is 27.6. The van der Waals surface area contributed by atoms with Crippen LogP contribution in [0.25, 0.3) is 12.2 Å². The van der Waals surface area contributed by atoms with Gasteiger partial charge in [-0.15, -0.1) is 0 Å². The molecular weight excluding hydrogens is 638 g/mol. The number of nitrogens with two attached hydrogens (primary N) is 1. The molecule has 0 amide bonds. The lowest BCUT2D eigenvalue weighted by molar-refractivity contribution is -0.149. The lowest BCUT2D eigenvalue weighted by Gasteiger charge is -2.18. The summed E-state index contributed by atoms with van der Waals surface area (Å²) in [6.07, 6.45) is 5.99. The van der Waals surface area contributed by atoms with E-state index in [0.717, 1.165) is 5.56 Å². The van der Waals surface area contributed by atoms with Crippen LogP contribution in [0.4, 0.5) is 0 Å². The molecule has 2 N–H and O–H groups in total. The zero-order valence-corrected chi connectivity index (χ0v) is 30.3.